The molecule has 0 radical (unpaired) electrons. The maximum Gasteiger partial charge on any atom is 0.342 e. The first-order chi connectivity index (χ1) is 11.8. The number of halogens is 2. The fourth-order valence-corrected chi connectivity index (χ4v) is 2.34. The van der Waals surface area contributed by atoms with Crippen LogP contribution in [0.2, 0.25) is 10.0 Å². The molecule has 0 aliphatic carbocycles. The third kappa shape index (κ3) is 4.78. The summed E-state index contributed by atoms with van der Waals surface area (Å²) in [5.74, 6) is -1.06. The fourth-order valence-electron chi connectivity index (χ4n) is 1.99. The Morgan fingerprint density at radius 1 is 1.20 bits per heavy atom. The van der Waals surface area contributed by atoms with Crippen molar-refractivity contribution in [2.45, 2.75) is 13.0 Å². The van der Waals surface area contributed by atoms with Gasteiger partial charge in [0.05, 0.1) is 17.8 Å². The zero-order valence-electron chi connectivity index (χ0n) is 13.5. The standard InChI is InChI=1S/C17H16Cl2N2O4/c1-9(16(22)21-11-5-3-4-10(18)6-11)25-17(23)12-7-13(19)14(20)8-15(12)24-2/h3-9H,20H2,1-2H3,(H,21,22)/t9-/m1/s1. The van der Waals surface area contributed by atoms with Crippen LogP contribution in [-0.2, 0) is 9.53 Å². The molecule has 25 heavy (non-hydrogen) atoms. The van der Waals surface area contributed by atoms with E-state index in [9.17, 15) is 9.59 Å². The topological polar surface area (TPSA) is 90.7 Å². The van der Waals surface area contributed by atoms with Crippen LogP contribution in [0.25, 0.3) is 0 Å². The molecule has 2 aromatic rings. The first-order valence-corrected chi connectivity index (χ1v) is 7.98. The molecule has 0 unspecified atom stereocenters. The van der Waals surface area contributed by atoms with E-state index in [0.29, 0.717) is 10.7 Å². The summed E-state index contributed by atoms with van der Waals surface area (Å²) < 4.78 is 10.3. The van der Waals surface area contributed by atoms with E-state index in [0.717, 1.165) is 0 Å². The molecular formula is C17H16Cl2N2O4. The molecule has 1 atom stereocenters. The van der Waals surface area contributed by atoms with Crippen molar-refractivity contribution in [3.63, 3.8) is 0 Å². The maximum absolute atomic E-state index is 12.3. The van der Waals surface area contributed by atoms with Gasteiger partial charge in [0, 0.05) is 16.8 Å². The Morgan fingerprint density at radius 2 is 1.92 bits per heavy atom. The molecule has 0 saturated heterocycles. The second kappa shape index (κ2) is 8.09. The summed E-state index contributed by atoms with van der Waals surface area (Å²) in [4.78, 5) is 24.5. The molecule has 0 aliphatic rings. The third-order valence-corrected chi connectivity index (χ3v) is 3.85. The number of esters is 1. The monoisotopic (exact) mass is 382 g/mol. The number of methoxy groups -OCH3 is 1. The summed E-state index contributed by atoms with van der Waals surface area (Å²) >= 11 is 11.8. The number of rotatable bonds is 5. The van der Waals surface area contributed by atoms with Crippen molar-refractivity contribution in [2.24, 2.45) is 0 Å². The molecule has 0 aromatic heterocycles. The number of nitrogens with one attached hydrogen (secondary N) is 1. The van der Waals surface area contributed by atoms with Gasteiger partial charge in [0.15, 0.2) is 6.10 Å². The van der Waals surface area contributed by atoms with Gasteiger partial charge in [-0.2, -0.15) is 0 Å². The smallest absolute Gasteiger partial charge is 0.342 e. The van der Waals surface area contributed by atoms with E-state index >= 15 is 0 Å². The molecule has 0 fully saturated rings. The molecule has 6 nitrogen and oxygen atoms in total. The van der Waals surface area contributed by atoms with E-state index in [4.69, 9.17) is 38.4 Å². The molecule has 0 bridgehead atoms. The van der Waals surface area contributed by atoms with Crippen LogP contribution in [0, 0.1) is 0 Å². The molecule has 3 N–H and O–H groups in total. The van der Waals surface area contributed by atoms with Crippen LogP contribution in [0.3, 0.4) is 0 Å². The first-order valence-electron chi connectivity index (χ1n) is 7.22. The zero-order valence-corrected chi connectivity index (χ0v) is 15.0. The predicted octanol–water partition coefficient (Wildman–Crippen LogP) is 3.77. The lowest BCUT2D eigenvalue weighted by Gasteiger charge is -2.15. The van der Waals surface area contributed by atoms with Gasteiger partial charge in [-0.05, 0) is 31.2 Å². The van der Waals surface area contributed by atoms with E-state index in [1.165, 1.54) is 26.2 Å². The highest BCUT2D eigenvalue weighted by Crippen LogP contribution is 2.29. The highest BCUT2D eigenvalue weighted by Gasteiger charge is 2.22. The lowest BCUT2D eigenvalue weighted by molar-refractivity contribution is -0.123. The van der Waals surface area contributed by atoms with Crippen molar-refractivity contribution in [1.82, 2.24) is 0 Å². The van der Waals surface area contributed by atoms with E-state index in [-0.39, 0.29) is 22.0 Å². The second-order valence-electron chi connectivity index (χ2n) is 5.12. The number of carbonyl (C=O) groups excluding carboxylic acids is 2. The van der Waals surface area contributed by atoms with Gasteiger partial charge in [-0.3, -0.25) is 4.79 Å². The van der Waals surface area contributed by atoms with Gasteiger partial charge in [0.25, 0.3) is 5.91 Å². The number of hydrogen-bond acceptors (Lipinski definition) is 5. The van der Waals surface area contributed by atoms with E-state index in [2.05, 4.69) is 5.32 Å². The summed E-state index contributed by atoms with van der Waals surface area (Å²) in [7, 11) is 1.38. The quantitative estimate of drug-likeness (QED) is 0.606. The number of nitrogen functional groups attached to an aromatic ring is 1. The van der Waals surface area contributed by atoms with Gasteiger partial charge >= 0.3 is 5.97 Å². The lowest BCUT2D eigenvalue weighted by atomic mass is 10.2. The Morgan fingerprint density at radius 3 is 2.56 bits per heavy atom. The number of hydrogen-bond donors (Lipinski definition) is 2. The molecule has 0 spiro atoms. The average Bonchev–Trinajstić information content (AvgIpc) is 2.56. The molecule has 2 aromatic carbocycles. The Bertz CT molecular complexity index is 811. The van der Waals surface area contributed by atoms with Crippen LogP contribution in [-0.4, -0.2) is 25.1 Å². The minimum Gasteiger partial charge on any atom is -0.496 e. The molecule has 0 aliphatic heterocycles. The molecule has 132 valence electrons. The SMILES string of the molecule is COc1cc(N)c(Cl)cc1C(=O)O[C@H](C)C(=O)Nc1cccc(Cl)c1. The molecule has 0 heterocycles. The maximum atomic E-state index is 12.3. The molecule has 1 amide bonds. The van der Waals surface area contributed by atoms with Crippen LogP contribution < -0.4 is 15.8 Å². The summed E-state index contributed by atoms with van der Waals surface area (Å²) in [5.41, 5.74) is 6.51. The summed E-state index contributed by atoms with van der Waals surface area (Å²) in [6, 6.07) is 9.36. The van der Waals surface area contributed by atoms with Crippen LogP contribution in [0.15, 0.2) is 36.4 Å². The van der Waals surface area contributed by atoms with Gasteiger partial charge in [0.2, 0.25) is 0 Å². The average molecular weight is 383 g/mol. The van der Waals surface area contributed by atoms with Crippen LogP contribution in [0.5, 0.6) is 5.75 Å². The Kier molecular flexibility index (Phi) is 6.12. The first kappa shape index (κ1) is 18.9. The lowest BCUT2D eigenvalue weighted by Crippen LogP contribution is -2.30. The highest BCUT2D eigenvalue weighted by molar-refractivity contribution is 6.33. The summed E-state index contributed by atoms with van der Waals surface area (Å²) in [5, 5.41) is 3.27. The van der Waals surface area contributed by atoms with Crippen molar-refractivity contribution in [3.8, 4) is 5.75 Å². The van der Waals surface area contributed by atoms with Crippen molar-refractivity contribution in [1.29, 1.82) is 0 Å². The van der Waals surface area contributed by atoms with Crippen molar-refractivity contribution < 1.29 is 19.1 Å². The van der Waals surface area contributed by atoms with E-state index < -0.39 is 18.0 Å². The minimum atomic E-state index is -1.05. The van der Waals surface area contributed by atoms with Gasteiger partial charge in [-0.1, -0.05) is 29.3 Å². The number of nitrogens with two attached hydrogens (primary N) is 1. The molecule has 8 heteroatoms. The van der Waals surface area contributed by atoms with Crippen LogP contribution in [0.4, 0.5) is 11.4 Å². The van der Waals surface area contributed by atoms with E-state index in [1.807, 2.05) is 0 Å². The number of amides is 1. The highest BCUT2D eigenvalue weighted by atomic mass is 35.5. The normalized spacial score (nSPS) is 11.5. The molecule has 0 saturated carbocycles. The van der Waals surface area contributed by atoms with Gasteiger partial charge in [-0.25, -0.2) is 4.79 Å². The number of anilines is 2. The summed E-state index contributed by atoms with van der Waals surface area (Å²) in [6.07, 6.45) is -1.05. The van der Waals surface area contributed by atoms with Gasteiger partial charge < -0.3 is 20.5 Å². The zero-order chi connectivity index (χ0) is 18.6. The minimum absolute atomic E-state index is 0.0732. The fraction of sp³-hybridized carbons (Fsp3) is 0.176. The predicted molar refractivity (Wildman–Crippen MR) is 97.4 cm³/mol. The van der Waals surface area contributed by atoms with Crippen molar-refractivity contribution >= 4 is 46.5 Å². The molecule has 2 rings (SSSR count). The Hall–Kier alpha value is -2.44. The largest absolute Gasteiger partial charge is 0.496 e. The number of carbonyl (C=O) groups is 2. The van der Waals surface area contributed by atoms with E-state index in [1.54, 1.807) is 24.3 Å². The Balaban J connectivity index is 2.09. The summed E-state index contributed by atoms with van der Waals surface area (Å²) in [6.45, 7) is 1.45. The second-order valence-corrected chi connectivity index (χ2v) is 5.96. The number of ether oxygens (including phenoxy) is 2. The van der Waals surface area contributed by atoms with Gasteiger partial charge in [0.1, 0.15) is 11.3 Å². The van der Waals surface area contributed by atoms with Crippen molar-refractivity contribution in [3.05, 3.63) is 52.0 Å². The van der Waals surface area contributed by atoms with Crippen LogP contribution >= 0.6 is 23.2 Å². The van der Waals surface area contributed by atoms with Crippen molar-refractivity contribution in [2.75, 3.05) is 18.2 Å². The van der Waals surface area contributed by atoms with Crippen LogP contribution in [0.1, 0.15) is 17.3 Å². The Labute approximate surface area is 154 Å². The number of benzene rings is 2. The molecular weight excluding hydrogens is 367 g/mol. The van der Waals surface area contributed by atoms with Gasteiger partial charge in [-0.15, -0.1) is 0 Å². The third-order valence-electron chi connectivity index (χ3n) is 3.28.